The number of allylic oxidation sites excluding steroid dienone is 2. The van der Waals surface area contributed by atoms with E-state index < -0.39 is 23.1 Å². The smallest absolute Gasteiger partial charge is 0.870 e. The normalized spacial score (nSPS) is 35.5. The van der Waals surface area contributed by atoms with Gasteiger partial charge < -0.3 is 59.1 Å². The van der Waals surface area contributed by atoms with E-state index in [9.17, 15) is 19.2 Å². The molecule has 0 spiro atoms. The van der Waals surface area contributed by atoms with Gasteiger partial charge in [0.1, 0.15) is 12.2 Å². The summed E-state index contributed by atoms with van der Waals surface area (Å²) in [5, 5.41) is 35.6. The summed E-state index contributed by atoms with van der Waals surface area (Å²) >= 11 is 2.46. The molecule has 0 aromatic rings. The van der Waals surface area contributed by atoms with Gasteiger partial charge in [-0.15, -0.1) is 0 Å². The quantitative estimate of drug-likeness (QED) is 0.0567. The fourth-order valence-electron chi connectivity index (χ4n) is 13.0. The molecule has 7 saturated carbocycles. The van der Waals surface area contributed by atoms with Crippen LogP contribution in [0.4, 0.5) is 0 Å². The molecule has 0 aromatic heterocycles. The number of aliphatic hydroxyl groups excluding tert-OH is 2. The molecule has 0 radical (unpaired) electrons. The van der Waals surface area contributed by atoms with E-state index in [0.29, 0.717) is 82.1 Å². The Balaban J connectivity index is 0.000000196. The maximum absolute atomic E-state index is 11.3. The van der Waals surface area contributed by atoms with Gasteiger partial charge in [0.2, 0.25) is 0 Å². The number of esters is 2. The number of hydrogen-bond acceptors (Lipinski definition) is 14. The summed E-state index contributed by atoms with van der Waals surface area (Å²) in [5.41, 5.74) is 1.11. The van der Waals surface area contributed by atoms with Crippen molar-refractivity contribution in [1.82, 2.24) is 0 Å². The van der Waals surface area contributed by atoms with Gasteiger partial charge >= 0.3 is 53.4 Å². The van der Waals surface area contributed by atoms with Crippen molar-refractivity contribution in [3.63, 3.8) is 0 Å². The van der Waals surface area contributed by atoms with Crippen molar-refractivity contribution in [1.29, 1.82) is 0 Å². The molecule has 78 heavy (non-hydrogen) atoms. The predicted molar refractivity (Wildman–Crippen MR) is 299 cm³/mol. The minimum absolute atomic E-state index is 0. The number of carbonyl (C=O) groups excluding carboxylic acids is 2. The Kier molecular flexibility index (Phi) is 29.6. The van der Waals surface area contributed by atoms with E-state index in [1.54, 1.807) is 0 Å². The van der Waals surface area contributed by atoms with E-state index in [0.717, 1.165) is 140 Å². The number of carbonyl (C=O) groups is 4. The largest absolute Gasteiger partial charge is 1.00 e. The number of carboxylic acid groups (broad SMARTS) is 2. The van der Waals surface area contributed by atoms with Crippen molar-refractivity contribution in [3.8, 4) is 0 Å². The van der Waals surface area contributed by atoms with Crippen molar-refractivity contribution in [2.45, 2.75) is 222 Å². The van der Waals surface area contributed by atoms with Crippen LogP contribution >= 0.6 is 22.6 Å². The number of alkyl halides is 1. The van der Waals surface area contributed by atoms with Gasteiger partial charge in [0.15, 0.2) is 11.2 Å². The van der Waals surface area contributed by atoms with Crippen LogP contribution < -0.4 is 29.6 Å². The van der Waals surface area contributed by atoms with Crippen molar-refractivity contribution in [2.75, 3.05) is 63.9 Å². The first-order valence-corrected chi connectivity index (χ1v) is 31.0. The molecule has 16 nitrogen and oxygen atoms in total. The number of rotatable bonds is 9. The van der Waals surface area contributed by atoms with Gasteiger partial charge in [-0.05, 0) is 222 Å². The summed E-state index contributed by atoms with van der Waals surface area (Å²) in [7, 11) is 0. The van der Waals surface area contributed by atoms with Gasteiger partial charge in [-0.25, -0.2) is 9.59 Å². The van der Waals surface area contributed by atoms with Crippen LogP contribution in [0.1, 0.15) is 194 Å². The second kappa shape index (κ2) is 33.3. The Bertz CT molecular complexity index is 1690. The first kappa shape index (κ1) is 69.3. The molecule has 7 aliphatic carbocycles. The number of ether oxygens (including phenoxy) is 7. The summed E-state index contributed by atoms with van der Waals surface area (Å²) < 4.78 is 38.9. The van der Waals surface area contributed by atoms with Crippen LogP contribution in [-0.2, 0) is 52.3 Å². The summed E-state index contributed by atoms with van der Waals surface area (Å²) in [6.45, 7) is 16.8. The second-order valence-electron chi connectivity index (χ2n) is 24.6. The fourth-order valence-corrected chi connectivity index (χ4v) is 14.0. The summed E-state index contributed by atoms with van der Waals surface area (Å²) in [6, 6.07) is 0. The molecule has 17 rings (SSSR count). The van der Waals surface area contributed by atoms with Gasteiger partial charge in [-0.2, -0.15) is 0 Å². The second-order valence-corrected chi connectivity index (χ2v) is 25.4. The Morgan fingerprint density at radius 2 is 0.885 bits per heavy atom. The average Bonchev–Trinajstić information content (AvgIpc) is 3.50. The number of halogens is 1. The zero-order valence-electron chi connectivity index (χ0n) is 47.9. The first-order chi connectivity index (χ1) is 36.4. The Morgan fingerprint density at radius 3 is 1.13 bits per heavy atom. The van der Waals surface area contributed by atoms with Gasteiger partial charge in [-0.3, -0.25) is 9.59 Å². The fraction of sp³-hybridized carbons (Fsp3) is 0.867. The van der Waals surface area contributed by atoms with Crippen LogP contribution in [0.2, 0.25) is 0 Å². The maximum Gasteiger partial charge on any atom is 1.00 e. The zero-order chi connectivity index (χ0) is 54.8. The Hall–Kier alpha value is -1.23. The molecular weight excluding hydrogens is 1130 g/mol. The molecular formula is C60H98INaO16. The topological polar surface area (TPSA) is 244 Å². The number of hydrogen-bond donors (Lipinski definition) is 4. The van der Waals surface area contributed by atoms with E-state index in [4.69, 9.17) is 53.6 Å². The summed E-state index contributed by atoms with van der Waals surface area (Å²) in [4.78, 5) is 43.5. The monoisotopic (exact) mass is 1220 g/mol. The number of fused-ring (bicyclic) bond motifs is 15. The van der Waals surface area contributed by atoms with Gasteiger partial charge in [0.05, 0.1) is 63.4 Å². The van der Waals surface area contributed by atoms with E-state index in [2.05, 4.69) is 35.7 Å². The molecule has 0 atom stereocenters. The van der Waals surface area contributed by atoms with Crippen LogP contribution in [0.5, 0.6) is 0 Å². The third kappa shape index (κ3) is 20.2. The van der Waals surface area contributed by atoms with Crippen LogP contribution in [0, 0.1) is 41.4 Å². The van der Waals surface area contributed by atoms with Gasteiger partial charge in [0.25, 0.3) is 0 Å². The molecule has 5 N–H and O–H groups in total. The van der Waals surface area contributed by atoms with Crippen LogP contribution in [0.15, 0.2) is 24.3 Å². The summed E-state index contributed by atoms with van der Waals surface area (Å²) in [5.74, 6) is 2.68. The molecule has 17 fully saturated rings. The molecule has 442 valence electrons. The predicted octanol–water partition coefficient (Wildman–Crippen LogP) is 7.74. The zero-order valence-corrected chi connectivity index (χ0v) is 52.1. The minimum atomic E-state index is -0.797. The number of aliphatic hydroxyl groups is 2. The Morgan fingerprint density at radius 1 is 0.538 bits per heavy atom. The number of aliphatic carboxylic acids is 2. The molecule has 0 unspecified atom stereocenters. The molecule has 10 saturated heterocycles. The standard InChI is InChI=1S/C10H16O3.C10H16O2.C8H13IO.2C8H12O3.C8H14O2.C8H14O.Na.H2O/c1-8(11)12-7-10-4-2-9(3-5-10)6-13-10;1-3-12-10(11)9-6-4-8(2)5-7-9;9-6-8-3-1-7(2-4-8)5-10-8;2*9-7(10)8-3-1-6(2-4-8)5-11-8;9-6-8-3-1-7(2-4-8)5-10-8;1-7-2-4-8(6-9)5-3-7;;/h9H,2-7H2,1H3;9H,2-7H2,1H3;7H,1-6H2;2*6H,1-5H2,(H,9,10);7,9H,1-6H2;8-9H,1-6H2;;1H2/q;;;;;;;+1;/p-1. The van der Waals surface area contributed by atoms with Gasteiger partial charge in [-0.1, -0.05) is 46.9 Å². The van der Waals surface area contributed by atoms with E-state index in [1.165, 1.54) is 73.9 Å². The van der Waals surface area contributed by atoms with Crippen LogP contribution in [-0.4, -0.2) is 142 Å². The molecule has 10 aliphatic heterocycles. The van der Waals surface area contributed by atoms with Gasteiger partial charge in [0, 0.05) is 18.0 Å². The van der Waals surface area contributed by atoms with Crippen LogP contribution in [0.3, 0.4) is 0 Å². The van der Waals surface area contributed by atoms with Crippen molar-refractivity contribution >= 4 is 46.5 Å². The molecule has 10 bridgehead atoms. The third-order valence-corrected chi connectivity index (χ3v) is 20.6. The molecule has 0 aromatic carbocycles. The molecule has 0 amide bonds. The van der Waals surface area contributed by atoms with E-state index >= 15 is 0 Å². The van der Waals surface area contributed by atoms with Crippen molar-refractivity contribution in [3.05, 3.63) is 24.3 Å². The first-order valence-electron chi connectivity index (χ1n) is 29.5. The third-order valence-electron chi connectivity index (χ3n) is 19.2. The Labute approximate surface area is 502 Å². The minimum Gasteiger partial charge on any atom is -0.870 e. The van der Waals surface area contributed by atoms with Crippen molar-refractivity contribution in [2.24, 2.45) is 41.4 Å². The molecule has 18 heteroatoms. The molecule has 10 heterocycles. The van der Waals surface area contributed by atoms with E-state index in [1.807, 2.05) is 6.92 Å². The SMILES string of the molecule is C=C1CCC(C(=O)OCC)CC1.C=C1CCC(CO)CC1.CC(=O)OCC12CCC(CC1)CO2.ICC12CCC(CC1)CO2.O=C(O)C12CCC(CC1)CO2.O=C(O)C12CCC(CC1)CO2.OCC12CCC(CC1)CO2.[Na+].[OH-]. The maximum atomic E-state index is 11.3. The summed E-state index contributed by atoms with van der Waals surface area (Å²) in [6.07, 6.45) is 30.1. The number of carboxylic acids is 2. The van der Waals surface area contributed by atoms with Crippen LogP contribution in [0.25, 0.3) is 0 Å². The van der Waals surface area contributed by atoms with E-state index in [-0.39, 0.29) is 70.7 Å². The average molecular weight is 1230 g/mol. The molecule has 17 aliphatic rings. The van der Waals surface area contributed by atoms with Crippen molar-refractivity contribution < 1.29 is 108 Å².